The maximum atomic E-state index is 6.20. The molecule has 0 aliphatic heterocycles. The Labute approximate surface area is 180 Å². The fourth-order valence-corrected chi connectivity index (χ4v) is 4.43. The summed E-state index contributed by atoms with van der Waals surface area (Å²) >= 11 is 0. The lowest BCUT2D eigenvalue weighted by Gasteiger charge is -2.15. The molecule has 2 heterocycles. The van der Waals surface area contributed by atoms with Crippen LogP contribution in [-0.4, -0.2) is 0 Å². The van der Waals surface area contributed by atoms with E-state index in [0.29, 0.717) is 11.8 Å². The molecule has 0 saturated carbocycles. The molecule has 2 aromatic heterocycles. The number of rotatable bonds is 5. The van der Waals surface area contributed by atoms with Crippen molar-refractivity contribution in [2.45, 2.75) is 80.1 Å². The van der Waals surface area contributed by atoms with E-state index < -0.39 is 0 Å². The van der Waals surface area contributed by atoms with E-state index in [1.807, 2.05) is 0 Å². The van der Waals surface area contributed by atoms with Gasteiger partial charge in [-0.3, -0.25) is 0 Å². The number of hydrogen-bond acceptors (Lipinski definition) is 2. The van der Waals surface area contributed by atoms with Crippen molar-refractivity contribution in [3.63, 3.8) is 0 Å². The summed E-state index contributed by atoms with van der Waals surface area (Å²) in [6.07, 6.45) is 2.18. The Kier molecular flexibility index (Phi) is 5.30. The molecular formula is C28H34O2. The summed E-state index contributed by atoms with van der Waals surface area (Å²) in [6.45, 7) is 17.6. The first kappa shape index (κ1) is 20.8. The van der Waals surface area contributed by atoms with Crippen LogP contribution in [0.2, 0.25) is 0 Å². The second-order valence-corrected chi connectivity index (χ2v) is 9.07. The van der Waals surface area contributed by atoms with E-state index in [1.54, 1.807) is 0 Å². The summed E-state index contributed by atoms with van der Waals surface area (Å²) in [7, 11) is 0. The fraction of sp³-hybridized carbons (Fsp3) is 0.429. The predicted octanol–water partition coefficient (Wildman–Crippen LogP) is 9.11. The Bertz CT molecular complexity index is 1140. The lowest BCUT2D eigenvalue weighted by atomic mass is 9.88. The second kappa shape index (κ2) is 7.65. The normalized spacial score (nSPS) is 14.0. The van der Waals surface area contributed by atoms with Gasteiger partial charge in [-0.15, -0.1) is 0 Å². The highest BCUT2D eigenvalue weighted by atomic mass is 16.3. The van der Waals surface area contributed by atoms with Gasteiger partial charge in [-0.05, 0) is 110 Å². The lowest BCUT2D eigenvalue weighted by molar-refractivity contribution is 0.565. The highest BCUT2D eigenvalue weighted by Crippen LogP contribution is 2.40. The molecule has 2 unspecified atom stereocenters. The minimum atomic E-state index is 0.452. The van der Waals surface area contributed by atoms with Crippen LogP contribution < -0.4 is 0 Å². The molecule has 2 aromatic carbocycles. The molecule has 0 N–H and O–H groups in total. The van der Waals surface area contributed by atoms with Crippen LogP contribution in [0.4, 0.5) is 0 Å². The quantitative estimate of drug-likeness (QED) is 0.333. The van der Waals surface area contributed by atoms with E-state index in [9.17, 15) is 0 Å². The van der Waals surface area contributed by atoms with Crippen LogP contribution in [0.3, 0.4) is 0 Å². The van der Waals surface area contributed by atoms with E-state index in [0.717, 1.165) is 35.5 Å². The van der Waals surface area contributed by atoms with Gasteiger partial charge < -0.3 is 8.83 Å². The van der Waals surface area contributed by atoms with E-state index in [-0.39, 0.29) is 0 Å². The zero-order chi connectivity index (χ0) is 21.7. The van der Waals surface area contributed by atoms with Crippen molar-refractivity contribution in [1.29, 1.82) is 0 Å². The van der Waals surface area contributed by atoms with E-state index in [2.05, 4.69) is 79.7 Å². The van der Waals surface area contributed by atoms with E-state index >= 15 is 0 Å². The summed E-state index contributed by atoms with van der Waals surface area (Å²) < 4.78 is 12.4. The Hall–Kier alpha value is -2.48. The van der Waals surface area contributed by atoms with Gasteiger partial charge in [0.2, 0.25) is 0 Å². The van der Waals surface area contributed by atoms with Crippen LogP contribution >= 0.6 is 0 Å². The second-order valence-electron chi connectivity index (χ2n) is 9.07. The minimum Gasteiger partial charge on any atom is -0.461 e. The van der Waals surface area contributed by atoms with Gasteiger partial charge in [0.1, 0.15) is 22.7 Å². The third-order valence-corrected chi connectivity index (χ3v) is 7.23. The molecule has 0 aliphatic rings. The molecule has 2 atom stereocenters. The summed E-state index contributed by atoms with van der Waals surface area (Å²) in [4.78, 5) is 0. The van der Waals surface area contributed by atoms with Gasteiger partial charge in [-0.1, -0.05) is 27.7 Å². The van der Waals surface area contributed by atoms with E-state index in [1.165, 1.54) is 44.2 Å². The first-order valence-electron chi connectivity index (χ1n) is 11.3. The lowest BCUT2D eigenvalue weighted by Crippen LogP contribution is -1.96. The molecule has 2 heteroatoms. The van der Waals surface area contributed by atoms with Gasteiger partial charge in [-0.2, -0.15) is 0 Å². The van der Waals surface area contributed by atoms with Crippen molar-refractivity contribution < 1.29 is 8.83 Å². The zero-order valence-electron chi connectivity index (χ0n) is 19.7. The van der Waals surface area contributed by atoms with Gasteiger partial charge in [0, 0.05) is 10.8 Å². The molecular weight excluding hydrogens is 368 g/mol. The van der Waals surface area contributed by atoms with Crippen molar-refractivity contribution in [2.24, 2.45) is 0 Å². The summed E-state index contributed by atoms with van der Waals surface area (Å²) in [5, 5.41) is 2.48. The van der Waals surface area contributed by atoms with Crippen LogP contribution in [0.15, 0.2) is 33.1 Å². The smallest absolute Gasteiger partial charge is 0.138 e. The maximum Gasteiger partial charge on any atom is 0.138 e. The molecule has 0 bridgehead atoms. The van der Waals surface area contributed by atoms with Crippen LogP contribution in [-0.2, 0) is 0 Å². The van der Waals surface area contributed by atoms with Gasteiger partial charge in [0.15, 0.2) is 0 Å². The molecule has 0 aliphatic carbocycles. The van der Waals surface area contributed by atoms with Crippen molar-refractivity contribution in [3.8, 4) is 11.1 Å². The molecule has 0 spiro atoms. The van der Waals surface area contributed by atoms with Crippen molar-refractivity contribution in [3.05, 3.63) is 58.0 Å². The van der Waals surface area contributed by atoms with Crippen LogP contribution in [0.25, 0.3) is 33.1 Å². The van der Waals surface area contributed by atoms with Crippen LogP contribution in [0, 0.1) is 27.7 Å². The first-order valence-corrected chi connectivity index (χ1v) is 11.3. The monoisotopic (exact) mass is 402 g/mol. The number of benzene rings is 2. The Morgan fingerprint density at radius 3 is 1.33 bits per heavy atom. The highest BCUT2D eigenvalue weighted by Gasteiger charge is 2.20. The van der Waals surface area contributed by atoms with Gasteiger partial charge >= 0.3 is 0 Å². The molecule has 4 aromatic rings. The molecule has 0 amide bonds. The average Bonchev–Trinajstić information content (AvgIpc) is 3.20. The summed E-state index contributed by atoms with van der Waals surface area (Å²) in [5.41, 5.74) is 9.77. The highest BCUT2D eigenvalue weighted by molar-refractivity contribution is 5.94. The molecule has 4 rings (SSSR count). The molecule has 158 valence electrons. The molecule has 2 nitrogen and oxygen atoms in total. The number of hydrogen-bond donors (Lipinski definition) is 0. The van der Waals surface area contributed by atoms with Crippen LogP contribution in [0.5, 0.6) is 0 Å². The maximum absolute atomic E-state index is 6.20. The third-order valence-electron chi connectivity index (χ3n) is 7.23. The Morgan fingerprint density at radius 2 is 1.00 bits per heavy atom. The van der Waals surface area contributed by atoms with Gasteiger partial charge in [-0.25, -0.2) is 0 Å². The largest absolute Gasteiger partial charge is 0.461 e. The Balaban J connectivity index is 2.04. The molecule has 0 radical (unpaired) electrons. The van der Waals surface area contributed by atoms with Crippen molar-refractivity contribution >= 4 is 21.9 Å². The number of aryl methyl sites for hydroxylation is 4. The third kappa shape index (κ3) is 3.17. The standard InChI is InChI=1S/C28H34O2/c1-9-15(3)23-11-21(13-25-17(5)19(7)29-27(23)25)22-12-24(16(4)10-2)28-26(14-22)18(6)20(8)30-28/h11-16H,9-10H2,1-8H3. The SMILES string of the molecule is CCC(C)c1cc(-c2cc(C(C)CC)c3oc(C)c(C)c3c2)cc2c(C)c(C)oc12. The van der Waals surface area contributed by atoms with Crippen LogP contribution in [0.1, 0.15) is 86.1 Å². The van der Waals surface area contributed by atoms with Gasteiger partial charge in [0.25, 0.3) is 0 Å². The topological polar surface area (TPSA) is 26.3 Å². The summed E-state index contributed by atoms with van der Waals surface area (Å²) in [5.74, 6) is 2.94. The molecule has 30 heavy (non-hydrogen) atoms. The summed E-state index contributed by atoms with van der Waals surface area (Å²) in [6, 6.07) is 9.33. The van der Waals surface area contributed by atoms with Crippen molar-refractivity contribution in [2.75, 3.05) is 0 Å². The number of fused-ring (bicyclic) bond motifs is 2. The minimum absolute atomic E-state index is 0.452. The van der Waals surface area contributed by atoms with E-state index in [4.69, 9.17) is 8.83 Å². The Morgan fingerprint density at radius 1 is 0.633 bits per heavy atom. The van der Waals surface area contributed by atoms with Crippen molar-refractivity contribution in [1.82, 2.24) is 0 Å². The molecule has 0 fully saturated rings. The fourth-order valence-electron chi connectivity index (χ4n) is 4.43. The first-order chi connectivity index (χ1) is 14.3. The molecule has 0 saturated heterocycles. The zero-order valence-corrected chi connectivity index (χ0v) is 19.7. The predicted molar refractivity (Wildman–Crippen MR) is 128 cm³/mol. The number of furan rings is 2. The average molecular weight is 403 g/mol. The van der Waals surface area contributed by atoms with Gasteiger partial charge in [0.05, 0.1) is 0 Å².